The molecule has 0 heterocycles. The summed E-state index contributed by atoms with van der Waals surface area (Å²) < 4.78 is 5.09. The standard InChI is InChI=1S/C10H15NO2/c1-3-5-7-9(6-4-2)13-8-10(11)12/h3-7H,8H2,1-2H3,(H2,11,12)/b5-3-,6-4-,9-7+. The molecule has 0 atom stereocenters. The molecule has 13 heavy (non-hydrogen) atoms. The molecule has 2 N–H and O–H groups in total. The summed E-state index contributed by atoms with van der Waals surface area (Å²) in [5.41, 5.74) is 4.93. The Balaban J connectivity index is 4.17. The second-order valence-electron chi connectivity index (χ2n) is 2.35. The Morgan fingerprint density at radius 1 is 1.38 bits per heavy atom. The van der Waals surface area contributed by atoms with Crippen molar-refractivity contribution in [2.75, 3.05) is 6.61 Å². The lowest BCUT2D eigenvalue weighted by Crippen LogP contribution is -2.17. The van der Waals surface area contributed by atoms with E-state index in [9.17, 15) is 4.79 Å². The number of hydrogen-bond acceptors (Lipinski definition) is 2. The van der Waals surface area contributed by atoms with Gasteiger partial charge in [0.15, 0.2) is 6.61 Å². The second-order valence-corrected chi connectivity index (χ2v) is 2.35. The first kappa shape index (κ1) is 11.5. The van der Waals surface area contributed by atoms with E-state index in [4.69, 9.17) is 10.5 Å². The van der Waals surface area contributed by atoms with Gasteiger partial charge in [0.1, 0.15) is 5.76 Å². The third-order valence-electron chi connectivity index (χ3n) is 1.16. The lowest BCUT2D eigenvalue weighted by molar-refractivity contribution is -0.121. The summed E-state index contributed by atoms with van der Waals surface area (Å²) in [6.07, 6.45) is 9.07. The molecule has 0 radical (unpaired) electrons. The Morgan fingerprint density at radius 2 is 2.08 bits per heavy atom. The molecular formula is C10H15NO2. The van der Waals surface area contributed by atoms with Crippen molar-refractivity contribution in [3.8, 4) is 0 Å². The Bertz CT molecular complexity index is 239. The Morgan fingerprint density at radius 3 is 2.54 bits per heavy atom. The quantitative estimate of drug-likeness (QED) is 0.516. The molecule has 3 heteroatoms. The number of carbonyl (C=O) groups excluding carboxylic acids is 1. The minimum Gasteiger partial charge on any atom is -0.484 e. The average molecular weight is 181 g/mol. The first-order chi connectivity index (χ1) is 6.20. The predicted octanol–water partition coefficient (Wildman–Crippen LogP) is 1.52. The van der Waals surface area contributed by atoms with Crippen molar-refractivity contribution in [3.05, 3.63) is 36.1 Å². The van der Waals surface area contributed by atoms with Crippen molar-refractivity contribution in [2.24, 2.45) is 5.73 Å². The molecule has 1 amide bonds. The van der Waals surface area contributed by atoms with Gasteiger partial charge in [-0.1, -0.05) is 18.2 Å². The molecule has 0 rings (SSSR count). The van der Waals surface area contributed by atoms with E-state index in [-0.39, 0.29) is 6.61 Å². The Labute approximate surface area is 78.6 Å². The van der Waals surface area contributed by atoms with Crippen molar-refractivity contribution < 1.29 is 9.53 Å². The minimum absolute atomic E-state index is 0.0896. The fraction of sp³-hybridized carbons (Fsp3) is 0.300. The van der Waals surface area contributed by atoms with Crippen LogP contribution in [0.25, 0.3) is 0 Å². The third-order valence-corrected chi connectivity index (χ3v) is 1.16. The van der Waals surface area contributed by atoms with Crippen LogP contribution in [-0.4, -0.2) is 12.5 Å². The Hall–Kier alpha value is -1.51. The summed E-state index contributed by atoms with van der Waals surface area (Å²) >= 11 is 0. The zero-order chi connectivity index (χ0) is 10.1. The molecular weight excluding hydrogens is 166 g/mol. The van der Waals surface area contributed by atoms with Gasteiger partial charge in [0.2, 0.25) is 0 Å². The van der Waals surface area contributed by atoms with Crippen molar-refractivity contribution in [1.82, 2.24) is 0 Å². The highest BCUT2D eigenvalue weighted by Gasteiger charge is 1.95. The van der Waals surface area contributed by atoms with Crippen LogP contribution < -0.4 is 5.73 Å². The van der Waals surface area contributed by atoms with E-state index in [0.717, 1.165) is 0 Å². The van der Waals surface area contributed by atoms with Crippen molar-refractivity contribution >= 4 is 5.91 Å². The first-order valence-electron chi connectivity index (χ1n) is 4.07. The van der Waals surface area contributed by atoms with Crippen molar-refractivity contribution in [2.45, 2.75) is 13.8 Å². The molecule has 0 aromatic rings. The topological polar surface area (TPSA) is 52.3 Å². The van der Waals surface area contributed by atoms with Crippen LogP contribution in [0.1, 0.15) is 13.8 Å². The summed E-state index contributed by atoms with van der Waals surface area (Å²) in [4.78, 5) is 10.4. The van der Waals surface area contributed by atoms with Crippen molar-refractivity contribution in [1.29, 1.82) is 0 Å². The number of amides is 1. The highest BCUT2D eigenvalue weighted by atomic mass is 16.5. The van der Waals surface area contributed by atoms with Crippen LogP contribution in [0.5, 0.6) is 0 Å². The number of carbonyl (C=O) groups is 1. The molecule has 0 spiro atoms. The van der Waals surface area contributed by atoms with Gasteiger partial charge in [-0.3, -0.25) is 4.79 Å². The summed E-state index contributed by atoms with van der Waals surface area (Å²) in [5, 5.41) is 0. The second kappa shape index (κ2) is 7.16. The average Bonchev–Trinajstić information content (AvgIpc) is 2.09. The summed E-state index contributed by atoms with van der Waals surface area (Å²) in [5.74, 6) is 0.148. The number of hydrogen-bond donors (Lipinski definition) is 1. The van der Waals surface area contributed by atoms with Gasteiger partial charge in [0.25, 0.3) is 5.91 Å². The smallest absolute Gasteiger partial charge is 0.255 e. The fourth-order valence-corrected chi connectivity index (χ4v) is 0.662. The first-order valence-corrected chi connectivity index (χ1v) is 4.07. The lowest BCUT2D eigenvalue weighted by Gasteiger charge is -2.02. The van der Waals surface area contributed by atoms with Gasteiger partial charge < -0.3 is 10.5 Å². The van der Waals surface area contributed by atoms with Crippen LogP contribution in [0.15, 0.2) is 36.1 Å². The van der Waals surface area contributed by atoms with E-state index in [1.165, 1.54) is 0 Å². The van der Waals surface area contributed by atoms with E-state index in [0.29, 0.717) is 5.76 Å². The molecule has 0 saturated carbocycles. The van der Waals surface area contributed by atoms with Gasteiger partial charge in [-0.2, -0.15) is 0 Å². The zero-order valence-corrected chi connectivity index (χ0v) is 7.99. The number of rotatable bonds is 5. The van der Waals surface area contributed by atoms with E-state index in [1.807, 2.05) is 32.1 Å². The summed E-state index contributed by atoms with van der Waals surface area (Å²) in [6.45, 7) is 3.68. The van der Waals surface area contributed by atoms with Gasteiger partial charge in [-0.05, 0) is 26.0 Å². The van der Waals surface area contributed by atoms with Crippen LogP contribution in [0.4, 0.5) is 0 Å². The molecule has 0 aliphatic heterocycles. The van der Waals surface area contributed by atoms with E-state index in [1.54, 1.807) is 12.2 Å². The predicted molar refractivity (Wildman–Crippen MR) is 52.9 cm³/mol. The van der Waals surface area contributed by atoms with Gasteiger partial charge in [0.05, 0.1) is 0 Å². The maximum absolute atomic E-state index is 10.4. The molecule has 0 aromatic heterocycles. The van der Waals surface area contributed by atoms with Gasteiger partial charge in [0, 0.05) is 0 Å². The molecule has 3 nitrogen and oxygen atoms in total. The lowest BCUT2D eigenvalue weighted by atomic mass is 10.3. The van der Waals surface area contributed by atoms with E-state index < -0.39 is 5.91 Å². The number of allylic oxidation sites excluding steroid dienone is 5. The highest BCUT2D eigenvalue weighted by molar-refractivity contribution is 5.75. The molecule has 0 unspecified atom stereocenters. The SMILES string of the molecule is C\C=C/C=C(\C=C/C)OCC(N)=O. The normalized spacial score (nSPS) is 12.6. The van der Waals surface area contributed by atoms with Gasteiger partial charge in [-0.25, -0.2) is 0 Å². The monoisotopic (exact) mass is 181 g/mol. The van der Waals surface area contributed by atoms with Crippen LogP contribution in [-0.2, 0) is 9.53 Å². The fourth-order valence-electron chi connectivity index (χ4n) is 0.662. The Kier molecular flexibility index (Phi) is 6.32. The van der Waals surface area contributed by atoms with Crippen LogP contribution in [0, 0.1) is 0 Å². The minimum atomic E-state index is -0.476. The summed E-state index contributed by atoms with van der Waals surface area (Å²) in [7, 11) is 0. The van der Waals surface area contributed by atoms with E-state index in [2.05, 4.69) is 0 Å². The molecule has 0 saturated heterocycles. The molecule has 0 aromatic carbocycles. The highest BCUT2D eigenvalue weighted by Crippen LogP contribution is 1.99. The van der Waals surface area contributed by atoms with Crippen LogP contribution in [0.3, 0.4) is 0 Å². The maximum Gasteiger partial charge on any atom is 0.255 e. The zero-order valence-electron chi connectivity index (χ0n) is 7.99. The molecule has 0 aliphatic rings. The van der Waals surface area contributed by atoms with E-state index >= 15 is 0 Å². The molecule has 0 aliphatic carbocycles. The number of nitrogens with two attached hydrogens (primary N) is 1. The number of primary amides is 1. The van der Waals surface area contributed by atoms with Crippen LogP contribution >= 0.6 is 0 Å². The summed E-state index contributed by atoms with van der Waals surface area (Å²) in [6, 6.07) is 0. The maximum atomic E-state index is 10.4. The molecule has 0 fully saturated rings. The number of ether oxygens (including phenoxy) is 1. The van der Waals surface area contributed by atoms with Gasteiger partial charge >= 0.3 is 0 Å². The molecule has 72 valence electrons. The van der Waals surface area contributed by atoms with Crippen molar-refractivity contribution in [3.63, 3.8) is 0 Å². The molecule has 0 bridgehead atoms. The largest absolute Gasteiger partial charge is 0.484 e. The van der Waals surface area contributed by atoms with Crippen LogP contribution in [0.2, 0.25) is 0 Å². The third kappa shape index (κ3) is 6.87. The van der Waals surface area contributed by atoms with Gasteiger partial charge in [-0.15, -0.1) is 0 Å².